The van der Waals surface area contributed by atoms with Gasteiger partial charge in [-0.1, -0.05) is 60.1 Å². The number of hydrogen-bond acceptors (Lipinski definition) is 3. The van der Waals surface area contributed by atoms with Crippen LogP contribution in [0.2, 0.25) is 0 Å². The highest BCUT2D eigenvalue weighted by atomic mass is 16.4. The van der Waals surface area contributed by atoms with Crippen LogP contribution in [0, 0.1) is 56.7 Å². The van der Waals surface area contributed by atoms with Gasteiger partial charge in [0.1, 0.15) is 0 Å². The van der Waals surface area contributed by atoms with E-state index in [2.05, 4.69) is 54.5 Å². The predicted molar refractivity (Wildman–Crippen MR) is 134 cm³/mol. The molecule has 0 heterocycles. The molecule has 0 bridgehead atoms. The molecule has 0 aromatic heterocycles. The Morgan fingerprint density at radius 3 is 2.21 bits per heavy atom. The van der Waals surface area contributed by atoms with E-state index in [1.807, 2.05) is 0 Å². The average molecular weight is 473 g/mol. The van der Waals surface area contributed by atoms with Crippen LogP contribution >= 0.6 is 0 Å². The van der Waals surface area contributed by atoms with Crippen LogP contribution in [-0.4, -0.2) is 33.5 Å². The number of carboxylic acids is 1. The van der Waals surface area contributed by atoms with Crippen molar-refractivity contribution < 1.29 is 20.1 Å². The van der Waals surface area contributed by atoms with Gasteiger partial charge in [-0.05, 0) is 96.7 Å². The van der Waals surface area contributed by atoms with Gasteiger partial charge < -0.3 is 15.3 Å². The smallest absolute Gasteiger partial charge is 0.306 e. The van der Waals surface area contributed by atoms with Crippen LogP contribution < -0.4 is 0 Å². The third-order valence-electron chi connectivity index (χ3n) is 13.4. The second-order valence-corrected chi connectivity index (χ2v) is 14.7. The first-order valence-electron chi connectivity index (χ1n) is 13.9. The highest BCUT2D eigenvalue weighted by Crippen LogP contribution is 2.75. The molecular weight excluding hydrogens is 424 g/mol. The van der Waals surface area contributed by atoms with E-state index in [1.54, 1.807) is 0 Å². The van der Waals surface area contributed by atoms with E-state index in [1.165, 1.54) is 12.0 Å². The second kappa shape index (κ2) is 7.34. The minimum absolute atomic E-state index is 0.0304. The molecule has 0 aliphatic heterocycles. The summed E-state index contributed by atoms with van der Waals surface area (Å²) in [5.41, 5.74) is 1.57. The third kappa shape index (κ3) is 2.82. The number of rotatable bonds is 1. The first kappa shape index (κ1) is 24.8. The van der Waals surface area contributed by atoms with Crippen molar-refractivity contribution in [1.29, 1.82) is 0 Å². The molecule has 0 spiro atoms. The molecule has 3 N–H and O–H groups in total. The van der Waals surface area contributed by atoms with Crippen molar-refractivity contribution in [2.24, 2.45) is 56.7 Å². The van der Waals surface area contributed by atoms with Crippen molar-refractivity contribution in [1.82, 2.24) is 0 Å². The van der Waals surface area contributed by atoms with Crippen LogP contribution in [0.1, 0.15) is 99.8 Å². The predicted octanol–water partition coefficient (Wildman–Crippen LogP) is 6.06. The van der Waals surface area contributed by atoms with E-state index in [0.717, 1.165) is 38.5 Å². The van der Waals surface area contributed by atoms with Gasteiger partial charge in [-0.15, -0.1) is 0 Å². The van der Waals surface area contributed by atoms with Gasteiger partial charge in [-0.25, -0.2) is 0 Å². The Bertz CT molecular complexity index is 907. The van der Waals surface area contributed by atoms with Crippen LogP contribution in [0.5, 0.6) is 0 Å². The Kier molecular flexibility index (Phi) is 5.36. The van der Waals surface area contributed by atoms with Gasteiger partial charge in [-0.2, -0.15) is 0 Å². The molecule has 34 heavy (non-hydrogen) atoms. The molecule has 4 fully saturated rings. The zero-order valence-corrected chi connectivity index (χ0v) is 22.5. The summed E-state index contributed by atoms with van der Waals surface area (Å²) in [5, 5.41) is 32.1. The Morgan fingerprint density at radius 2 is 1.56 bits per heavy atom. The van der Waals surface area contributed by atoms with E-state index < -0.39 is 18.0 Å². The van der Waals surface area contributed by atoms with Crippen molar-refractivity contribution >= 4 is 5.97 Å². The lowest BCUT2D eigenvalue weighted by atomic mass is 9.33. The van der Waals surface area contributed by atoms with Gasteiger partial charge in [-0.3, -0.25) is 4.79 Å². The van der Waals surface area contributed by atoms with Crippen LogP contribution in [0.25, 0.3) is 0 Å². The standard InChI is InChI=1S/C30H48O4/c1-17-18(25(33)34)16-23(32)28(5)14-15-29(6)19(24(17)28)8-9-21-27(4)12-11-22(31)26(2,3)20(27)10-13-30(21,29)7/h8,17-18,20-24,31-32H,9-16H2,1-7H3,(H,33,34). The molecule has 11 atom stereocenters. The normalized spacial score (nSPS) is 56.3. The average Bonchev–Trinajstić information content (AvgIpc) is 2.74. The number of carboxylic acid groups (broad SMARTS) is 1. The molecule has 0 radical (unpaired) electrons. The lowest BCUT2D eigenvalue weighted by Gasteiger charge is -2.71. The first-order valence-corrected chi connectivity index (χ1v) is 13.9. The maximum absolute atomic E-state index is 12.2. The van der Waals surface area contributed by atoms with Gasteiger partial charge in [0.2, 0.25) is 0 Å². The van der Waals surface area contributed by atoms with Crippen molar-refractivity contribution in [2.45, 2.75) is 112 Å². The van der Waals surface area contributed by atoms with E-state index in [9.17, 15) is 20.1 Å². The third-order valence-corrected chi connectivity index (χ3v) is 13.4. The quantitative estimate of drug-likeness (QED) is 0.405. The molecule has 5 rings (SSSR count). The topological polar surface area (TPSA) is 77.8 Å². The molecule has 11 unspecified atom stereocenters. The van der Waals surface area contributed by atoms with E-state index >= 15 is 0 Å². The monoisotopic (exact) mass is 472 g/mol. The lowest BCUT2D eigenvalue weighted by Crippen LogP contribution is -2.65. The second-order valence-electron chi connectivity index (χ2n) is 14.7. The Balaban J connectivity index is 1.60. The largest absolute Gasteiger partial charge is 0.481 e. The number of aliphatic carboxylic acids is 1. The van der Waals surface area contributed by atoms with Crippen molar-refractivity contribution in [3.63, 3.8) is 0 Å². The SMILES string of the molecule is CC1C(C(=O)O)CC(O)C2(C)CCC3(C)C(=CCC4C5(C)CCC(O)C(C)(C)C5CCC43C)C12. The molecule has 4 nitrogen and oxygen atoms in total. The number of allylic oxidation sites excluding steroid dienone is 2. The molecule has 0 amide bonds. The summed E-state index contributed by atoms with van der Waals surface area (Å²) in [5.74, 6) is 0.0357. The fourth-order valence-electron chi connectivity index (χ4n) is 11.0. The minimum atomic E-state index is -0.752. The van der Waals surface area contributed by atoms with Crippen LogP contribution in [0.3, 0.4) is 0 Å². The number of hydrogen-bond donors (Lipinski definition) is 3. The zero-order chi connectivity index (χ0) is 25.1. The van der Waals surface area contributed by atoms with E-state index in [0.29, 0.717) is 18.3 Å². The number of fused-ring (bicyclic) bond motifs is 7. The lowest BCUT2D eigenvalue weighted by molar-refractivity contribution is -0.209. The summed E-state index contributed by atoms with van der Waals surface area (Å²) >= 11 is 0. The van der Waals surface area contributed by atoms with Gasteiger partial charge in [0, 0.05) is 5.41 Å². The fraction of sp³-hybridized carbons (Fsp3) is 0.900. The summed E-state index contributed by atoms with van der Waals surface area (Å²) in [4.78, 5) is 12.2. The van der Waals surface area contributed by atoms with E-state index in [-0.39, 0.29) is 45.0 Å². The highest BCUT2D eigenvalue weighted by molar-refractivity contribution is 5.71. The van der Waals surface area contributed by atoms with Crippen LogP contribution in [-0.2, 0) is 4.79 Å². The van der Waals surface area contributed by atoms with Crippen molar-refractivity contribution in [3.8, 4) is 0 Å². The molecule has 0 aromatic rings. The maximum Gasteiger partial charge on any atom is 0.306 e. The number of carbonyl (C=O) groups is 1. The molecule has 4 saturated carbocycles. The zero-order valence-electron chi connectivity index (χ0n) is 22.5. The highest BCUT2D eigenvalue weighted by Gasteiger charge is 2.69. The summed E-state index contributed by atoms with van der Waals surface area (Å²) in [6.07, 6.45) is 9.55. The summed E-state index contributed by atoms with van der Waals surface area (Å²) < 4.78 is 0. The minimum Gasteiger partial charge on any atom is -0.481 e. The molecular formula is C30H48O4. The van der Waals surface area contributed by atoms with Gasteiger partial charge in [0.15, 0.2) is 0 Å². The Hall–Kier alpha value is -0.870. The molecule has 5 aliphatic carbocycles. The summed E-state index contributed by atoms with van der Waals surface area (Å²) in [6, 6.07) is 0. The summed E-state index contributed by atoms with van der Waals surface area (Å²) in [7, 11) is 0. The summed E-state index contributed by atoms with van der Waals surface area (Å²) in [6.45, 7) is 16.5. The number of aliphatic hydroxyl groups is 2. The van der Waals surface area contributed by atoms with Crippen molar-refractivity contribution in [2.75, 3.05) is 0 Å². The Labute approximate surface area is 206 Å². The van der Waals surface area contributed by atoms with Crippen molar-refractivity contribution in [3.05, 3.63) is 11.6 Å². The molecule has 0 saturated heterocycles. The van der Waals surface area contributed by atoms with E-state index in [4.69, 9.17) is 0 Å². The molecule has 4 heteroatoms. The van der Waals surface area contributed by atoms with Crippen LogP contribution in [0.4, 0.5) is 0 Å². The molecule has 0 aromatic carbocycles. The van der Waals surface area contributed by atoms with Gasteiger partial charge >= 0.3 is 5.97 Å². The van der Waals surface area contributed by atoms with Crippen LogP contribution in [0.15, 0.2) is 11.6 Å². The molecule has 192 valence electrons. The van der Waals surface area contributed by atoms with Gasteiger partial charge in [0.25, 0.3) is 0 Å². The first-order chi connectivity index (χ1) is 15.6. The molecule has 5 aliphatic rings. The Morgan fingerprint density at radius 1 is 0.882 bits per heavy atom. The fourth-order valence-corrected chi connectivity index (χ4v) is 11.0. The van der Waals surface area contributed by atoms with Gasteiger partial charge in [0.05, 0.1) is 18.1 Å². The number of aliphatic hydroxyl groups excluding tert-OH is 2. The maximum atomic E-state index is 12.2.